The molecule has 0 saturated carbocycles. The lowest BCUT2D eigenvalue weighted by Crippen LogP contribution is -2.47. The monoisotopic (exact) mass is 1660 g/mol. The lowest BCUT2D eigenvalue weighted by molar-refractivity contribution is -0.144. The van der Waals surface area contributed by atoms with Gasteiger partial charge in [0.1, 0.15) is 47.7 Å². The van der Waals surface area contributed by atoms with Crippen LogP contribution in [0.2, 0.25) is 0 Å². The van der Waals surface area contributed by atoms with Crippen LogP contribution in [0, 0.1) is 0 Å². The van der Waals surface area contributed by atoms with Gasteiger partial charge in [0.05, 0.1) is 65.9 Å². The molecule has 3 aromatic carbocycles. The van der Waals surface area contributed by atoms with E-state index in [4.69, 9.17) is 75.8 Å². The van der Waals surface area contributed by atoms with Gasteiger partial charge in [0.25, 0.3) is 0 Å². The van der Waals surface area contributed by atoms with E-state index < -0.39 is 72.1 Å². The normalized spacial score (nSPS) is 10.9. The Balaban J connectivity index is 1.05. The summed E-state index contributed by atoms with van der Waals surface area (Å²) < 4.78 is 82.9. The summed E-state index contributed by atoms with van der Waals surface area (Å²) in [7, 11) is 0. The van der Waals surface area contributed by atoms with Gasteiger partial charge in [-0.2, -0.15) is 0 Å². The van der Waals surface area contributed by atoms with Gasteiger partial charge < -0.3 is 96.2 Å². The fourth-order valence-corrected chi connectivity index (χ4v) is 11.0. The van der Waals surface area contributed by atoms with E-state index >= 15 is 0 Å². The summed E-state index contributed by atoms with van der Waals surface area (Å²) in [5.74, 6) is -0.255. The quantitative estimate of drug-likeness (QED) is 0.0174. The molecule has 0 aromatic heterocycles. The maximum atomic E-state index is 12.9. The van der Waals surface area contributed by atoms with Gasteiger partial charge >= 0.3 is 61.1 Å². The topological polar surface area (TPSA) is 383 Å². The van der Waals surface area contributed by atoms with E-state index in [0.29, 0.717) is 134 Å². The van der Waals surface area contributed by atoms with Crippen molar-refractivity contribution in [2.45, 2.75) is 246 Å². The molecule has 118 heavy (non-hydrogen) atoms. The standard InChI is InChI=1S/C86H126N4O28/c1-65(2)75(93)103-63-53-89(85(5,6)7)73(91)37-25-13-11-15-27-51-87-77(95)105-55-29-17-18-30-56-106-79(97)107-57-31-19-20-32-58-108-80(98)109-59-33-21-22-34-60-110-81(99)111-61-35-23-24-36-62-112-82(100)114-68-43-45-70(46-44-68)116-84(102)118-72-49-47-71(48-50-72)117-83(101)115-69-41-39-67(40-42-69)113-78(96)88-52-28-16-12-14-26-38-74(92)90(86(8,9)10)54-64-104-76(94)66(3)4/h39-50H,1,3,11-38,51-64H2,2,4-10H3,(H,87,95)(H,88,96). The number of unbranched alkanes of at least 4 members (excludes halogenated alkanes) is 20. The van der Waals surface area contributed by atoms with Crippen molar-refractivity contribution in [2.24, 2.45) is 0 Å². The Morgan fingerprint density at radius 2 is 0.500 bits per heavy atom. The van der Waals surface area contributed by atoms with Gasteiger partial charge in [-0.1, -0.05) is 51.7 Å². The number of hydrogen-bond donors (Lipinski definition) is 2. The Bertz CT molecular complexity index is 3500. The highest BCUT2D eigenvalue weighted by Crippen LogP contribution is 2.25. The number of rotatable bonds is 58. The Labute approximate surface area is 693 Å². The highest BCUT2D eigenvalue weighted by molar-refractivity contribution is 5.87. The minimum atomic E-state index is -1.08. The van der Waals surface area contributed by atoms with Crippen molar-refractivity contribution in [2.75, 3.05) is 92.2 Å². The molecule has 32 nitrogen and oxygen atoms in total. The predicted octanol–water partition coefficient (Wildman–Crippen LogP) is 18.0. The molecule has 0 atom stereocenters. The van der Waals surface area contributed by atoms with Crippen molar-refractivity contribution in [1.82, 2.24) is 20.4 Å². The molecule has 0 saturated heterocycles. The van der Waals surface area contributed by atoms with Crippen molar-refractivity contribution in [3.63, 3.8) is 0 Å². The van der Waals surface area contributed by atoms with E-state index in [1.165, 1.54) is 72.8 Å². The van der Waals surface area contributed by atoms with Crippen LogP contribution < -0.4 is 39.1 Å². The van der Waals surface area contributed by atoms with E-state index in [-0.39, 0.29) is 106 Å². The van der Waals surface area contributed by atoms with Crippen LogP contribution in [0.3, 0.4) is 0 Å². The van der Waals surface area contributed by atoms with Crippen molar-refractivity contribution < 1.29 is 133 Å². The average Bonchev–Trinajstić information content (AvgIpc) is 0.869. The van der Waals surface area contributed by atoms with Crippen LogP contribution >= 0.6 is 0 Å². The summed E-state index contributed by atoms with van der Waals surface area (Å²) in [5, 5.41) is 5.47. The summed E-state index contributed by atoms with van der Waals surface area (Å²) in [5.41, 5.74) is -0.196. The Hall–Kier alpha value is -10.8. The lowest BCUT2D eigenvalue weighted by Gasteiger charge is -2.35. The highest BCUT2D eigenvalue weighted by Gasteiger charge is 2.28. The average molecular weight is 1660 g/mol. The summed E-state index contributed by atoms with van der Waals surface area (Å²) >= 11 is 0. The molecule has 0 aliphatic rings. The second kappa shape index (κ2) is 60.6. The summed E-state index contributed by atoms with van der Waals surface area (Å²) in [4.78, 5) is 150. The number of ether oxygens (including phenoxy) is 16. The van der Waals surface area contributed by atoms with E-state index in [1.54, 1.807) is 23.6 Å². The molecule has 0 radical (unpaired) electrons. The van der Waals surface area contributed by atoms with Crippen molar-refractivity contribution in [1.29, 1.82) is 0 Å². The number of nitrogens with zero attached hydrogens (tertiary/aromatic N) is 2. The maximum absolute atomic E-state index is 12.9. The lowest BCUT2D eigenvalue weighted by atomic mass is 10.0. The fraction of sp³-hybridized carbons (Fsp3) is 0.605. The zero-order valence-electron chi connectivity index (χ0n) is 70.4. The predicted molar refractivity (Wildman–Crippen MR) is 434 cm³/mol. The molecule has 0 unspecified atom stereocenters. The largest absolute Gasteiger partial charge is 0.519 e. The molecule has 3 rings (SSSR count). The zero-order chi connectivity index (χ0) is 86.6. The molecule has 3 aromatic rings. The second-order valence-electron chi connectivity index (χ2n) is 29.7. The molecule has 2 N–H and O–H groups in total. The number of alkyl carbamates (subject to hydrolysis) is 1. The Kier molecular flexibility index (Phi) is 52.1. The Morgan fingerprint density at radius 1 is 0.271 bits per heavy atom. The van der Waals surface area contributed by atoms with Crippen LogP contribution in [0.5, 0.6) is 34.5 Å². The summed E-state index contributed by atoms with van der Waals surface area (Å²) in [6, 6.07) is 16.7. The third-order valence-electron chi connectivity index (χ3n) is 17.3. The number of carbonyl (C=O) groups is 12. The summed E-state index contributed by atoms with van der Waals surface area (Å²) in [6.45, 7) is 25.3. The Morgan fingerprint density at radius 3 is 0.780 bits per heavy atom. The molecule has 658 valence electrons. The molecule has 0 spiro atoms. The molecule has 0 aliphatic carbocycles. The first kappa shape index (κ1) is 101. The molecule has 0 aliphatic heterocycles. The zero-order valence-corrected chi connectivity index (χ0v) is 70.4. The van der Waals surface area contributed by atoms with E-state index in [1.807, 2.05) is 41.5 Å². The van der Waals surface area contributed by atoms with E-state index in [9.17, 15) is 57.5 Å². The van der Waals surface area contributed by atoms with Crippen LogP contribution in [-0.4, -0.2) is 186 Å². The highest BCUT2D eigenvalue weighted by atomic mass is 16.8. The van der Waals surface area contributed by atoms with Crippen LogP contribution in [-0.2, 0) is 66.5 Å². The van der Waals surface area contributed by atoms with Gasteiger partial charge in [0, 0.05) is 48.2 Å². The first-order valence-corrected chi connectivity index (χ1v) is 40.9. The van der Waals surface area contributed by atoms with Crippen molar-refractivity contribution >= 4 is 72.9 Å². The third kappa shape index (κ3) is 51.3. The van der Waals surface area contributed by atoms with Gasteiger partial charge in [0.15, 0.2) is 0 Å². The second-order valence-corrected chi connectivity index (χ2v) is 29.7. The van der Waals surface area contributed by atoms with Gasteiger partial charge in [-0.05, 0) is 257 Å². The smallest absolute Gasteiger partial charge is 0.460 e. The minimum absolute atomic E-state index is 0.00632. The molecule has 32 heteroatoms. The number of hydrogen-bond acceptors (Lipinski definition) is 28. The SMILES string of the molecule is C=C(C)C(=O)OCCN(C(=O)CCCCCCCNC(=O)OCCCCCCOC(=O)OCCCCCCOC(=O)OCCCCCCOC(=O)OCCCCCCOC(=O)Oc1ccc(OC(=O)Oc2ccc(OC(=O)Oc3ccc(OC(=O)NCCCCCCCC(=O)N(CCOC(=O)C(=C)C)C(C)(C)C)cc3)cc2)cc1)C(C)(C)C. The molecular formula is C86H126N4O28. The van der Waals surface area contributed by atoms with Gasteiger partial charge in [0.2, 0.25) is 11.8 Å². The van der Waals surface area contributed by atoms with Crippen LogP contribution in [0.25, 0.3) is 0 Å². The number of benzene rings is 3. The first-order valence-electron chi connectivity index (χ1n) is 40.9. The third-order valence-corrected chi connectivity index (χ3v) is 17.3. The fourth-order valence-electron chi connectivity index (χ4n) is 11.0. The number of nitrogens with one attached hydrogen (secondary N) is 2. The number of carbonyl (C=O) groups excluding carboxylic acids is 12. The van der Waals surface area contributed by atoms with Gasteiger partial charge in [-0.25, -0.2) is 47.9 Å². The van der Waals surface area contributed by atoms with Crippen LogP contribution in [0.15, 0.2) is 97.1 Å². The molecular weight excluding hydrogens is 1540 g/mol. The minimum Gasteiger partial charge on any atom is -0.460 e. The number of esters is 2. The van der Waals surface area contributed by atoms with E-state index in [2.05, 4.69) is 23.8 Å². The van der Waals surface area contributed by atoms with Gasteiger partial charge in [-0.15, -0.1) is 0 Å². The maximum Gasteiger partial charge on any atom is 0.519 e. The molecule has 0 bridgehead atoms. The first-order chi connectivity index (χ1) is 56.5. The van der Waals surface area contributed by atoms with Crippen molar-refractivity contribution in [3.8, 4) is 34.5 Å². The van der Waals surface area contributed by atoms with Gasteiger partial charge in [-0.3, -0.25) is 9.59 Å². The van der Waals surface area contributed by atoms with Crippen molar-refractivity contribution in [3.05, 3.63) is 97.1 Å². The van der Waals surface area contributed by atoms with Crippen LogP contribution in [0.1, 0.15) is 235 Å². The molecule has 0 heterocycles. The number of amides is 4. The summed E-state index contributed by atoms with van der Waals surface area (Å²) in [6.07, 6.45) is 13.7. The molecule has 4 amide bonds. The van der Waals surface area contributed by atoms with E-state index in [0.717, 1.165) is 89.9 Å². The molecule has 0 fully saturated rings. The van der Waals surface area contributed by atoms with Crippen LogP contribution in [0.4, 0.5) is 38.4 Å².